The number of nitrogens with zero attached hydrogens (tertiary/aromatic N) is 2. The lowest BCUT2D eigenvalue weighted by molar-refractivity contribution is 0.705. The number of aryl methyl sites for hydroxylation is 2. The van der Waals surface area contributed by atoms with Gasteiger partial charge < -0.3 is 5.73 Å². The molecule has 0 unspecified atom stereocenters. The Morgan fingerprint density at radius 3 is 2.28 bits per heavy atom. The Labute approximate surface area is 109 Å². The fourth-order valence-corrected chi connectivity index (χ4v) is 2.41. The Kier molecular flexibility index (Phi) is 3.82. The van der Waals surface area contributed by atoms with Crippen LogP contribution in [0.2, 0.25) is 0 Å². The van der Waals surface area contributed by atoms with Gasteiger partial charge in [0.25, 0.3) is 0 Å². The maximum absolute atomic E-state index is 5.64. The maximum atomic E-state index is 5.64. The van der Waals surface area contributed by atoms with Gasteiger partial charge in [-0.15, -0.1) is 0 Å². The summed E-state index contributed by atoms with van der Waals surface area (Å²) in [6, 6.07) is 8.50. The van der Waals surface area contributed by atoms with E-state index in [-0.39, 0.29) is 0 Å². The van der Waals surface area contributed by atoms with E-state index >= 15 is 0 Å². The summed E-state index contributed by atoms with van der Waals surface area (Å²) < 4.78 is 2.00. The van der Waals surface area contributed by atoms with Crippen molar-refractivity contribution in [2.24, 2.45) is 12.8 Å². The van der Waals surface area contributed by atoms with Gasteiger partial charge in [-0.05, 0) is 24.0 Å². The van der Waals surface area contributed by atoms with Crippen molar-refractivity contribution in [1.82, 2.24) is 9.78 Å². The summed E-state index contributed by atoms with van der Waals surface area (Å²) in [6.07, 6.45) is 1.96. The Morgan fingerprint density at radius 1 is 1.11 bits per heavy atom. The standard InChI is InChI=1S/C15H21N3/c1-4-13-15(14(5-2)18(3)17-13)12-8-6-11(10-16)7-9-12/h6-9H,4-5,10,16H2,1-3H3. The van der Waals surface area contributed by atoms with Gasteiger partial charge in [0, 0.05) is 24.8 Å². The van der Waals surface area contributed by atoms with Crippen LogP contribution in [0.1, 0.15) is 30.8 Å². The Morgan fingerprint density at radius 2 is 1.78 bits per heavy atom. The summed E-state index contributed by atoms with van der Waals surface area (Å²) in [4.78, 5) is 0. The van der Waals surface area contributed by atoms with Crippen LogP contribution in [0.25, 0.3) is 11.1 Å². The monoisotopic (exact) mass is 243 g/mol. The molecular formula is C15H21N3. The summed E-state index contributed by atoms with van der Waals surface area (Å²) >= 11 is 0. The molecule has 0 saturated carbocycles. The van der Waals surface area contributed by atoms with Gasteiger partial charge in [0.2, 0.25) is 0 Å². The SMILES string of the molecule is CCc1nn(C)c(CC)c1-c1ccc(CN)cc1. The van der Waals surface area contributed by atoms with E-state index in [0.29, 0.717) is 6.54 Å². The van der Waals surface area contributed by atoms with Gasteiger partial charge in [0.1, 0.15) is 0 Å². The van der Waals surface area contributed by atoms with Crippen LogP contribution in [0.15, 0.2) is 24.3 Å². The molecule has 0 amide bonds. The third-order valence-electron chi connectivity index (χ3n) is 3.39. The number of hydrogen-bond donors (Lipinski definition) is 1. The molecular weight excluding hydrogens is 222 g/mol. The zero-order valence-electron chi connectivity index (χ0n) is 11.4. The van der Waals surface area contributed by atoms with Crippen molar-refractivity contribution in [3.05, 3.63) is 41.2 Å². The number of nitrogens with two attached hydrogens (primary N) is 1. The Hall–Kier alpha value is -1.61. The molecule has 1 aromatic carbocycles. The van der Waals surface area contributed by atoms with E-state index in [1.54, 1.807) is 0 Å². The van der Waals surface area contributed by atoms with Gasteiger partial charge in [-0.25, -0.2) is 0 Å². The van der Waals surface area contributed by atoms with Gasteiger partial charge in [-0.1, -0.05) is 38.1 Å². The third kappa shape index (κ3) is 2.18. The second-order valence-electron chi connectivity index (χ2n) is 4.50. The van der Waals surface area contributed by atoms with Crippen LogP contribution >= 0.6 is 0 Å². The third-order valence-corrected chi connectivity index (χ3v) is 3.39. The lowest BCUT2D eigenvalue weighted by Crippen LogP contribution is -1.97. The van der Waals surface area contributed by atoms with Crippen molar-refractivity contribution in [2.45, 2.75) is 33.2 Å². The van der Waals surface area contributed by atoms with Crippen LogP contribution in [-0.4, -0.2) is 9.78 Å². The molecule has 3 heteroatoms. The van der Waals surface area contributed by atoms with Crippen LogP contribution in [-0.2, 0) is 26.4 Å². The Bertz CT molecular complexity index is 523. The highest BCUT2D eigenvalue weighted by Crippen LogP contribution is 2.28. The highest BCUT2D eigenvalue weighted by Gasteiger charge is 2.14. The molecule has 1 heterocycles. The number of rotatable bonds is 4. The molecule has 2 aromatic rings. The van der Waals surface area contributed by atoms with Crippen LogP contribution in [0.3, 0.4) is 0 Å². The zero-order valence-corrected chi connectivity index (χ0v) is 11.4. The average Bonchev–Trinajstić information content (AvgIpc) is 2.74. The smallest absolute Gasteiger partial charge is 0.0703 e. The lowest BCUT2D eigenvalue weighted by atomic mass is 9.99. The first-order valence-corrected chi connectivity index (χ1v) is 6.55. The minimum absolute atomic E-state index is 0.592. The van der Waals surface area contributed by atoms with Crippen molar-refractivity contribution in [2.75, 3.05) is 0 Å². The lowest BCUT2D eigenvalue weighted by Gasteiger charge is -2.06. The average molecular weight is 243 g/mol. The second-order valence-corrected chi connectivity index (χ2v) is 4.50. The maximum Gasteiger partial charge on any atom is 0.0703 e. The van der Waals surface area contributed by atoms with E-state index in [1.807, 2.05) is 11.7 Å². The molecule has 0 atom stereocenters. The van der Waals surface area contributed by atoms with Gasteiger partial charge >= 0.3 is 0 Å². The van der Waals surface area contributed by atoms with Gasteiger partial charge in [-0.3, -0.25) is 4.68 Å². The Balaban J connectivity index is 2.53. The van der Waals surface area contributed by atoms with Crippen molar-refractivity contribution >= 4 is 0 Å². The van der Waals surface area contributed by atoms with Crippen LogP contribution < -0.4 is 5.73 Å². The van der Waals surface area contributed by atoms with E-state index in [2.05, 4.69) is 43.2 Å². The molecule has 0 fully saturated rings. The predicted octanol–water partition coefficient (Wildman–Crippen LogP) is 2.67. The number of benzene rings is 1. The van der Waals surface area contributed by atoms with E-state index in [1.165, 1.54) is 28.1 Å². The molecule has 0 spiro atoms. The highest BCUT2D eigenvalue weighted by molar-refractivity contribution is 5.69. The first kappa shape index (κ1) is 12.8. The quantitative estimate of drug-likeness (QED) is 0.897. The molecule has 0 aliphatic rings. The van der Waals surface area contributed by atoms with Gasteiger partial charge in [0.15, 0.2) is 0 Å². The van der Waals surface area contributed by atoms with E-state index in [4.69, 9.17) is 5.73 Å². The molecule has 0 aliphatic carbocycles. The van der Waals surface area contributed by atoms with Crippen molar-refractivity contribution in [3.63, 3.8) is 0 Å². The fraction of sp³-hybridized carbons (Fsp3) is 0.400. The van der Waals surface area contributed by atoms with Crippen LogP contribution in [0.4, 0.5) is 0 Å². The summed E-state index contributed by atoms with van der Waals surface area (Å²) in [5, 5.41) is 4.61. The molecule has 0 saturated heterocycles. The van der Waals surface area contributed by atoms with Gasteiger partial charge in [0.05, 0.1) is 5.69 Å². The zero-order chi connectivity index (χ0) is 13.1. The highest BCUT2D eigenvalue weighted by atomic mass is 15.3. The minimum atomic E-state index is 0.592. The number of aromatic nitrogens is 2. The summed E-state index contributed by atoms with van der Waals surface area (Å²) in [6.45, 7) is 4.92. The molecule has 2 N–H and O–H groups in total. The molecule has 0 radical (unpaired) electrons. The summed E-state index contributed by atoms with van der Waals surface area (Å²) in [5.74, 6) is 0. The van der Waals surface area contributed by atoms with Crippen LogP contribution in [0, 0.1) is 0 Å². The summed E-state index contributed by atoms with van der Waals surface area (Å²) in [5.41, 5.74) is 11.8. The molecule has 3 nitrogen and oxygen atoms in total. The first-order valence-electron chi connectivity index (χ1n) is 6.55. The molecule has 0 aliphatic heterocycles. The van der Waals surface area contributed by atoms with E-state index < -0.39 is 0 Å². The van der Waals surface area contributed by atoms with E-state index in [9.17, 15) is 0 Å². The summed E-state index contributed by atoms with van der Waals surface area (Å²) in [7, 11) is 2.02. The largest absolute Gasteiger partial charge is 0.326 e. The molecule has 96 valence electrons. The van der Waals surface area contributed by atoms with Crippen molar-refractivity contribution in [1.29, 1.82) is 0 Å². The second kappa shape index (κ2) is 5.36. The molecule has 2 rings (SSSR count). The first-order chi connectivity index (χ1) is 8.71. The fourth-order valence-electron chi connectivity index (χ4n) is 2.41. The number of hydrogen-bond acceptors (Lipinski definition) is 2. The normalized spacial score (nSPS) is 10.9. The topological polar surface area (TPSA) is 43.8 Å². The van der Waals surface area contributed by atoms with Gasteiger partial charge in [-0.2, -0.15) is 5.10 Å². The molecule has 0 bridgehead atoms. The van der Waals surface area contributed by atoms with Crippen LogP contribution in [0.5, 0.6) is 0 Å². The van der Waals surface area contributed by atoms with E-state index in [0.717, 1.165) is 12.8 Å². The van der Waals surface area contributed by atoms with Crippen molar-refractivity contribution < 1.29 is 0 Å². The molecule has 18 heavy (non-hydrogen) atoms. The van der Waals surface area contributed by atoms with Crippen molar-refractivity contribution in [3.8, 4) is 11.1 Å². The predicted molar refractivity (Wildman–Crippen MR) is 75.3 cm³/mol. The molecule has 1 aromatic heterocycles. The minimum Gasteiger partial charge on any atom is -0.326 e.